The topological polar surface area (TPSA) is 165 Å². The van der Waals surface area contributed by atoms with E-state index in [0.717, 1.165) is 97.6 Å². The Morgan fingerprint density at radius 1 is 0.746 bits per heavy atom. The van der Waals surface area contributed by atoms with Crippen molar-refractivity contribution in [2.24, 2.45) is 11.8 Å². The zero-order valence-corrected chi connectivity index (χ0v) is 36.4. The molecule has 2 aliphatic rings. The van der Waals surface area contributed by atoms with Gasteiger partial charge in [-0.25, -0.2) is 14.8 Å². The van der Waals surface area contributed by atoms with Crippen molar-refractivity contribution in [3.8, 4) is 11.1 Å². The van der Waals surface area contributed by atoms with E-state index < -0.39 is 18.2 Å². The second kappa shape index (κ2) is 17.2. The van der Waals surface area contributed by atoms with Gasteiger partial charge in [0.05, 0.1) is 41.3 Å². The molecule has 63 heavy (non-hydrogen) atoms. The zero-order chi connectivity index (χ0) is 43.9. The van der Waals surface area contributed by atoms with Crippen LogP contribution in [0.5, 0.6) is 0 Å². The lowest BCUT2D eigenvalue weighted by Crippen LogP contribution is -2.51. The van der Waals surface area contributed by atoms with Crippen molar-refractivity contribution in [2.45, 2.75) is 84.0 Å². The third kappa shape index (κ3) is 7.74. The van der Waals surface area contributed by atoms with E-state index in [-0.39, 0.29) is 48.1 Å². The Morgan fingerprint density at radius 3 is 1.98 bits per heavy atom. The number of carbonyl (C=O) groups is 4. The summed E-state index contributed by atoms with van der Waals surface area (Å²) < 4.78 is 4.80. The van der Waals surface area contributed by atoms with E-state index in [9.17, 15) is 19.2 Å². The molecule has 0 radical (unpaired) electrons. The number of H-pyrrole nitrogens is 2. The molecule has 5 aromatic carbocycles. The molecule has 324 valence electrons. The van der Waals surface area contributed by atoms with Crippen LogP contribution >= 0.6 is 0 Å². The summed E-state index contributed by atoms with van der Waals surface area (Å²) >= 11 is 0. The number of likely N-dealkylation sites (tertiary alicyclic amines) is 2. The van der Waals surface area contributed by atoms with Crippen molar-refractivity contribution in [3.63, 3.8) is 0 Å². The van der Waals surface area contributed by atoms with Crippen LogP contribution in [0.1, 0.15) is 95.1 Å². The van der Waals surface area contributed by atoms with Gasteiger partial charge >= 0.3 is 6.09 Å². The minimum absolute atomic E-state index is 0.115. The molecule has 0 aliphatic carbocycles. The third-order valence-corrected chi connectivity index (χ3v) is 13.2. The van der Waals surface area contributed by atoms with Crippen LogP contribution in [0.25, 0.3) is 54.7 Å². The van der Waals surface area contributed by atoms with E-state index in [1.807, 2.05) is 60.0 Å². The maximum absolute atomic E-state index is 14.4. The molecule has 4 amide bonds. The fraction of sp³-hybridized carbons (Fsp3) is 0.360. The van der Waals surface area contributed by atoms with Crippen LogP contribution in [0.4, 0.5) is 4.79 Å². The number of benzene rings is 5. The first kappa shape index (κ1) is 41.6. The molecule has 4 heterocycles. The first-order valence-electron chi connectivity index (χ1n) is 22.2. The number of imidazole rings is 2. The number of rotatable bonds is 11. The van der Waals surface area contributed by atoms with Crippen LogP contribution in [-0.4, -0.2) is 79.8 Å². The second-order valence-electron chi connectivity index (χ2n) is 17.3. The van der Waals surface area contributed by atoms with Crippen LogP contribution in [0.3, 0.4) is 0 Å². The minimum atomic E-state index is -0.778. The number of alkyl carbamates (subject to hydrolysis) is 1. The maximum Gasteiger partial charge on any atom is 0.407 e. The lowest BCUT2D eigenvalue weighted by molar-refractivity contribution is -0.138. The van der Waals surface area contributed by atoms with Gasteiger partial charge in [0.25, 0.3) is 0 Å². The number of hydrogen-bond acceptors (Lipinski definition) is 7. The Morgan fingerprint density at radius 2 is 1.38 bits per heavy atom. The summed E-state index contributed by atoms with van der Waals surface area (Å²) in [7, 11) is 1.30. The summed E-state index contributed by atoms with van der Waals surface area (Å²) in [6, 6.07) is 28.7. The summed E-state index contributed by atoms with van der Waals surface area (Å²) in [5.74, 6) is 1.17. The Bertz CT molecular complexity index is 2870. The lowest BCUT2D eigenvalue weighted by Gasteiger charge is -2.30. The summed E-state index contributed by atoms with van der Waals surface area (Å²) in [6.45, 7) is 8.95. The molecule has 2 saturated heterocycles. The minimum Gasteiger partial charge on any atom is -0.453 e. The van der Waals surface area contributed by atoms with Gasteiger partial charge in [-0.3, -0.25) is 14.4 Å². The normalized spacial score (nSPS) is 18.7. The van der Waals surface area contributed by atoms with Crippen molar-refractivity contribution in [3.05, 3.63) is 108 Å². The predicted molar refractivity (Wildman–Crippen MR) is 245 cm³/mol. The van der Waals surface area contributed by atoms with Gasteiger partial charge in [0.15, 0.2) is 0 Å². The molecule has 2 aromatic heterocycles. The van der Waals surface area contributed by atoms with Crippen LogP contribution in [0, 0.1) is 11.8 Å². The smallest absolute Gasteiger partial charge is 0.407 e. The standard InChI is InChI=1S/C50H54N8O5/c1-6-29-23-25-58(49(61)42(53-40(59)7-2)30-12-9-8-10-13-30)45(29)47-52-38-22-18-34-27-32(16-20-36(34)44(38)55-47)31-15-19-35-33(26-31)17-21-37-43(35)54-46(51-37)39-14-11-24-57(39)48(60)41(28(3)4)56-50(62)63-5/h8-10,12-13,15-22,26-29,39,41-42,45H,6-7,11,14,23-25H2,1-5H3,(H,51,54)(H,52,55)(H,53,59)(H,56,62)/t29-,39+,41?,42-,45+/m1/s1. The molecule has 13 nitrogen and oxygen atoms in total. The number of fused-ring (bicyclic) bond motifs is 6. The number of nitrogens with one attached hydrogen (secondary N) is 4. The number of methoxy groups -OCH3 is 1. The highest BCUT2D eigenvalue weighted by atomic mass is 16.5. The monoisotopic (exact) mass is 846 g/mol. The van der Waals surface area contributed by atoms with Gasteiger partial charge in [-0.05, 0) is 82.8 Å². The van der Waals surface area contributed by atoms with Crippen molar-refractivity contribution in [1.82, 2.24) is 40.4 Å². The van der Waals surface area contributed by atoms with Gasteiger partial charge in [-0.2, -0.15) is 0 Å². The molecule has 9 rings (SSSR count). The van der Waals surface area contributed by atoms with Gasteiger partial charge in [-0.1, -0.05) is 101 Å². The van der Waals surface area contributed by atoms with E-state index >= 15 is 0 Å². The van der Waals surface area contributed by atoms with Crippen molar-refractivity contribution >= 4 is 67.4 Å². The fourth-order valence-electron chi connectivity index (χ4n) is 9.76. The molecule has 4 N–H and O–H groups in total. The molecule has 7 aromatic rings. The maximum atomic E-state index is 14.4. The second-order valence-corrected chi connectivity index (χ2v) is 17.3. The number of ether oxygens (including phenoxy) is 1. The Labute approximate surface area is 366 Å². The van der Waals surface area contributed by atoms with E-state index in [2.05, 4.69) is 82.1 Å². The number of aromatic amines is 2. The summed E-state index contributed by atoms with van der Waals surface area (Å²) in [4.78, 5) is 74.0. The van der Waals surface area contributed by atoms with Gasteiger partial charge in [0.1, 0.15) is 23.7 Å². The van der Waals surface area contributed by atoms with Crippen molar-refractivity contribution in [1.29, 1.82) is 0 Å². The quantitative estimate of drug-likeness (QED) is 0.101. The van der Waals surface area contributed by atoms with E-state index in [4.69, 9.17) is 14.7 Å². The molecular formula is C50H54N8O5. The van der Waals surface area contributed by atoms with Crippen LogP contribution in [0.2, 0.25) is 0 Å². The highest BCUT2D eigenvalue weighted by Crippen LogP contribution is 2.41. The molecule has 2 aliphatic heterocycles. The van der Waals surface area contributed by atoms with Gasteiger partial charge in [-0.15, -0.1) is 0 Å². The third-order valence-electron chi connectivity index (χ3n) is 13.2. The summed E-state index contributed by atoms with van der Waals surface area (Å²) in [5, 5.41) is 9.86. The fourth-order valence-corrected chi connectivity index (χ4v) is 9.76. The van der Waals surface area contributed by atoms with Crippen LogP contribution in [0.15, 0.2) is 91.0 Å². The number of carbonyl (C=O) groups excluding carboxylic acids is 4. The molecular weight excluding hydrogens is 793 g/mol. The lowest BCUT2D eigenvalue weighted by atomic mass is 9.96. The first-order chi connectivity index (χ1) is 30.6. The van der Waals surface area contributed by atoms with Crippen LogP contribution < -0.4 is 10.6 Å². The van der Waals surface area contributed by atoms with E-state index in [1.54, 1.807) is 6.92 Å². The van der Waals surface area contributed by atoms with Crippen molar-refractivity contribution < 1.29 is 23.9 Å². The molecule has 13 heteroatoms. The first-order valence-corrected chi connectivity index (χ1v) is 22.2. The van der Waals surface area contributed by atoms with Crippen molar-refractivity contribution in [2.75, 3.05) is 20.2 Å². The number of aromatic nitrogens is 4. The van der Waals surface area contributed by atoms with E-state index in [0.29, 0.717) is 13.1 Å². The molecule has 0 bridgehead atoms. The highest BCUT2D eigenvalue weighted by molar-refractivity contribution is 6.07. The number of amides is 4. The van der Waals surface area contributed by atoms with Gasteiger partial charge in [0.2, 0.25) is 17.7 Å². The number of nitrogens with zero attached hydrogens (tertiary/aromatic N) is 4. The summed E-state index contributed by atoms with van der Waals surface area (Å²) in [5.41, 5.74) is 6.43. The Hall–Kier alpha value is -6.76. The summed E-state index contributed by atoms with van der Waals surface area (Å²) in [6.07, 6.45) is 3.03. The zero-order valence-electron chi connectivity index (χ0n) is 36.4. The molecule has 0 spiro atoms. The largest absolute Gasteiger partial charge is 0.453 e. The Balaban J connectivity index is 0.990. The average molecular weight is 847 g/mol. The number of hydrogen-bond donors (Lipinski definition) is 4. The Kier molecular flexibility index (Phi) is 11.3. The highest BCUT2D eigenvalue weighted by Gasteiger charge is 2.42. The van der Waals surface area contributed by atoms with Crippen LogP contribution in [-0.2, 0) is 19.1 Å². The van der Waals surface area contributed by atoms with Gasteiger partial charge in [0, 0.05) is 30.3 Å². The molecule has 5 atom stereocenters. The molecule has 2 fully saturated rings. The average Bonchev–Trinajstić information content (AvgIpc) is 4.14. The van der Waals surface area contributed by atoms with Gasteiger partial charge < -0.3 is 35.1 Å². The SMILES string of the molecule is CCC(=O)N[C@@H](C(=O)N1CC[C@@H](CC)[C@H]1c1nc2c(ccc3cc(-c4ccc5c(ccc6[nH]c([C@@H]7CCCN7C(=O)C(NC(=O)OC)C(C)C)nc65)c4)ccc32)[nH]1)c1ccccc1. The molecule has 1 unspecified atom stereocenters. The predicted octanol–water partition coefficient (Wildman–Crippen LogP) is 9.02. The van der Waals surface area contributed by atoms with E-state index in [1.165, 1.54) is 7.11 Å². The molecule has 0 saturated carbocycles.